The number of hydrogen-bond donors (Lipinski definition) is 0. The van der Waals surface area contributed by atoms with E-state index in [4.69, 9.17) is 4.74 Å². The lowest BCUT2D eigenvalue weighted by atomic mass is 9.89. The molecule has 4 nitrogen and oxygen atoms in total. The molecule has 0 aromatic heterocycles. The molecular formula is C12H10BrFO4. The van der Waals surface area contributed by atoms with E-state index in [0.717, 1.165) is 0 Å². The lowest BCUT2D eigenvalue weighted by molar-refractivity contribution is -0.161. The predicted octanol–water partition coefficient (Wildman–Crippen LogP) is 2.23. The molecule has 18 heavy (non-hydrogen) atoms. The van der Waals surface area contributed by atoms with Crippen molar-refractivity contribution in [3.63, 3.8) is 0 Å². The Bertz CT molecular complexity index is 543. The number of carbonyl (C=O) groups excluding carboxylic acids is 2. The maximum atomic E-state index is 13.8. The molecule has 1 aliphatic heterocycles. The molecule has 0 bridgehead atoms. The third kappa shape index (κ3) is 1.90. The van der Waals surface area contributed by atoms with Gasteiger partial charge in [-0.05, 0) is 35.0 Å². The number of fused-ring (bicyclic) bond motifs is 1. The summed E-state index contributed by atoms with van der Waals surface area (Å²) in [5.41, 5.74) is -1.20. The van der Waals surface area contributed by atoms with Crippen molar-refractivity contribution in [2.45, 2.75) is 18.9 Å². The lowest BCUT2D eigenvalue weighted by Gasteiger charge is -2.32. The van der Waals surface area contributed by atoms with Crippen molar-refractivity contribution in [2.75, 3.05) is 7.11 Å². The van der Waals surface area contributed by atoms with Gasteiger partial charge in [-0.15, -0.1) is 0 Å². The monoisotopic (exact) mass is 316 g/mol. The first-order valence-electron chi connectivity index (χ1n) is 5.17. The number of methoxy groups -OCH3 is 1. The summed E-state index contributed by atoms with van der Waals surface area (Å²) in [5.74, 6) is -1.99. The Morgan fingerprint density at radius 2 is 2.22 bits per heavy atom. The quantitative estimate of drug-likeness (QED) is 0.746. The Kier molecular flexibility index (Phi) is 3.14. The van der Waals surface area contributed by atoms with Crippen LogP contribution in [0.1, 0.15) is 22.8 Å². The molecule has 1 unspecified atom stereocenters. The van der Waals surface area contributed by atoms with E-state index < -0.39 is 23.4 Å². The molecule has 0 saturated heterocycles. The minimum atomic E-state index is -1.49. The Balaban J connectivity index is 2.55. The van der Waals surface area contributed by atoms with E-state index in [2.05, 4.69) is 20.7 Å². The van der Waals surface area contributed by atoms with Gasteiger partial charge in [0.2, 0.25) is 5.60 Å². The van der Waals surface area contributed by atoms with E-state index in [9.17, 15) is 14.0 Å². The summed E-state index contributed by atoms with van der Waals surface area (Å²) in [6, 6.07) is 2.66. The van der Waals surface area contributed by atoms with Gasteiger partial charge in [0, 0.05) is 16.5 Å². The molecule has 2 rings (SSSR count). The molecule has 1 atom stereocenters. The van der Waals surface area contributed by atoms with Crippen LogP contribution in [0.25, 0.3) is 0 Å². The van der Waals surface area contributed by atoms with Crippen molar-refractivity contribution in [1.29, 1.82) is 0 Å². The van der Waals surface area contributed by atoms with Crippen LogP contribution in [-0.4, -0.2) is 24.6 Å². The van der Waals surface area contributed by atoms with Crippen LogP contribution in [0.2, 0.25) is 0 Å². The molecule has 0 amide bonds. The first-order chi connectivity index (χ1) is 8.39. The van der Waals surface area contributed by atoms with Crippen molar-refractivity contribution >= 4 is 27.9 Å². The smallest absolute Gasteiger partial charge is 0.350 e. The fourth-order valence-electron chi connectivity index (χ4n) is 1.95. The number of esters is 2. The zero-order valence-corrected chi connectivity index (χ0v) is 11.3. The van der Waals surface area contributed by atoms with Gasteiger partial charge in [0.25, 0.3) is 0 Å². The van der Waals surface area contributed by atoms with Gasteiger partial charge in [-0.2, -0.15) is 0 Å². The fraction of sp³-hybridized carbons (Fsp3) is 0.333. The fourth-order valence-corrected chi connectivity index (χ4v) is 2.48. The number of benzene rings is 1. The number of rotatable bonds is 1. The molecule has 0 N–H and O–H groups in total. The summed E-state index contributed by atoms with van der Waals surface area (Å²) in [6.45, 7) is 1.40. The third-order valence-electron chi connectivity index (χ3n) is 2.86. The molecule has 0 radical (unpaired) electrons. The molecule has 1 aliphatic rings. The summed E-state index contributed by atoms with van der Waals surface area (Å²) in [5, 5.41) is 0. The molecular weight excluding hydrogens is 307 g/mol. The van der Waals surface area contributed by atoms with Crippen molar-refractivity contribution in [1.82, 2.24) is 0 Å². The highest BCUT2D eigenvalue weighted by Gasteiger charge is 2.45. The second kappa shape index (κ2) is 4.35. The number of hydrogen-bond acceptors (Lipinski definition) is 4. The summed E-state index contributed by atoms with van der Waals surface area (Å²) < 4.78 is 23.8. The van der Waals surface area contributed by atoms with Crippen LogP contribution in [-0.2, 0) is 20.7 Å². The average Bonchev–Trinajstić information content (AvgIpc) is 2.32. The highest BCUT2D eigenvalue weighted by Crippen LogP contribution is 2.34. The Morgan fingerprint density at radius 3 is 2.83 bits per heavy atom. The van der Waals surface area contributed by atoms with Gasteiger partial charge in [-0.1, -0.05) is 0 Å². The van der Waals surface area contributed by atoms with Gasteiger partial charge in [-0.25, -0.2) is 14.0 Å². The molecule has 0 spiro atoms. The summed E-state index contributed by atoms with van der Waals surface area (Å²) in [7, 11) is 1.19. The van der Waals surface area contributed by atoms with Gasteiger partial charge in [-0.3, -0.25) is 0 Å². The first kappa shape index (κ1) is 13.0. The van der Waals surface area contributed by atoms with Crippen molar-refractivity contribution in [3.05, 3.63) is 33.5 Å². The number of carbonyl (C=O) groups is 2. The Hall–Kier alpha value is -1.43. The van der Waals surface area contributed by atoms with Gasteiger partial charge >= 0.3 is 11.9 Å². The SMILES string of the molecule is COC(=O)C1(C)Cc2c(F)ccc(Br)c2C(=O)O1. The lowest BCUT2D eigenvalue weighted by Crippen LogP contribution is -2.47. The van der Waals surface area contributed by atoms with E-state index >= 15 is 0 Å². The van der Waals surface area contributed by atoms with Crippen molar-refractivity contribution in [2.24, 2.45) is 0 Å². The maximum Gasteiger partial charge on any atom is 0.350 e. The van der Waals surface area contributed by atoms with Crippen molar-refractivity contribution < 1.29 is 23.5 Å². The molecule has 1 heterocycles. The van der Waals surface area contributed by atoms with E-state index in [1.165, 1.54) is 26.2 Å². The minimum Gasteiger partial charge on any atom is -0.466 e. The zero-order valence-electron chi connectivity index (χ0n) is 9.75. The van der Waals surface area contributed by atoms with Crippen LogP contribution in [0, 0.1) is 5.82 Å². The topological polar surface area (TPSA) is 52.6 Å². The van der Waals surface area contributed by atoms with Crippen LogP contribution in [0.15, 0.2) is 16.6 Å². The predicted molar refractivity (Wildman–Crippen MR) is 63.6 cm³/mol. The summed E-state index contributed by atoms with van der Waals surface area (Å²) in [4.78, 5) is 23.5. The Labute approximate surface area is 111 Å². The Morgan fingerprint density at radius 1 is 1.56 bits per heavy atom. The van der Waals surface area contributed by atoms with Gasteiger partial charge in [0.15, 0.2) is 0 Å². The van der Waals surface area contributed by atoms with E-state index in [-0.39, 0.29) is 17.5 Å². The number of cyclic esters (lactones) is 1. The highest BCUT2D eigenvalue weighted by atomic mass is 79.9. The van der Waals surface area contributed by atoms with Gasteiger partial charge in [0.1, 0.15) is 5.82 Å². The van der Waals surface area contributed by atoms with E-state index in [1.54, 1.807) is 0 Å². The van der Waals surface area contributed by atoms with E-state index in [0.29, 0.717) is 4.47 Å². The second-order valence-electron chi connectivity index (χ2n) is 4.17. The molecule has 0 aliphatic carbocycles. The number of halogens is 2. The summed E-state index contributed by atoms with van der Waals surface area (Å²) in [6.07, 6.45) is -0.0496. The largest absolute Gasteiger partial charge is 0.466 e. The first-order valence-corrected chi connectivity index (χ1v) is 5.97. The molecule has 0 fully saturated rings. The standard InChI is InChI=1S/C12H10BrFO4/c1-12(11(16)17-2)5-6-8(14)4-3-7(13)9(6)10(15)18-12/h3-4H,5H2,1-2H3. The zero-order chi connectivity index (χ0) is 13.5. The molecule has 0 saturated carbocycles. The van der Waals surface area contributed by atoms with Crippen LogP contribution >= 0.6 is 15.9 Å². The number of ether oxygens (including phenoxy) is 2. The van der Waals surface area contributed by atoms with Crippen LogP contribution in [0.3, 0.4) is 0 Å². The molecule has 96 valence electrons. The second-order valence-corrected chi connectivity index (χ2v) is 5.03. The van der Waals surface area contributed by atoms with Crippen LogP contribution in [0.4, 0.5) is 4.39 Å². The maximum absolute atomic E-state index is 13.8. The van der Waals surface area contributed by atoms with Crippen LogP contribution < -0.4 is 0 Å². The molecule has 1 aromatic rings. The third-order valence-corrected chi connectivity index (χ3v) is 3.52. The molecule has 1 aromatic carbocycles. The summed E-state index contributed by atoms with van der Waals surface area (Å²) >= 11 is 3.16. The normalized spacial score (nSPS) is 22.1. The van der Waals surface area contributed by atoms with Gasteiger partial charge in [0.05, 0.1) is 12.7 Å². The van der Waals surface area contributed by atoms with Crippen molar-refractivity contribution in [3.8, 4) is 0 Å². The molecule has 6 heteroatoms. The van der Waals surface area contributed by atoms with Crippen LogP contribution in [0.5, 0.6) is 0 Å². The minimum absolute atomic E-state index is 0.0496. The highest BCUT2D eigenvalue weighted by molar-refractivity contribution is 9.10. The average molecular weight is 317 g/mol. The van der Waals surface area contributed by atoms with E-state index in [1.807, 2.05) is 0 Å². The van der Waals surface area contributed by atoms with Gasteiger partial charge < -0.3 is 9.47 Å².